The summed E-state index contributed by atoms with van der Waals surface area (Å²) in [5, 5.41) is 0. The second kappa shape index (κ2) is 6.11. The lowest BCUT2D eigenvalue weighted by molar-refractivity contribution is -0.135. The van der Waals surface area contributed by atoms with E-state index in [1.54, 1.807) is 0 Å². The van der Waals surface area contributed by atoms with Crippen molar-refractivity contribution in [2.75, 3.05) is 0 Å². The molecule has 0 bridgehead atoms. The van der Waals surface area contributed by atoms with E-state index in [-0.39, 0.29) is 5.97 Å². The van der Waals surface area contributed by atoms with Crippen molar-refractivity contribution in [2.45, 2.75) is 27.2 Å². The summed E-state index contributed by atoms with van der Waals surface area (Å²) in [7, 11) is 0. The van der Waals surface area contributed by atoms with Gasteiger partial charge in [0.1, 0.15) is 5.75 Å². The first-order valence-electron chi connectivity index (χ1n) is 5.56. The number of para-hydroxylation sites is 1. The number of carbonyl (C=O) groups is 1. The average Bonchev–Trinajstić information content (AvgIpc) is 2.20. The van der Waals surface area contributed by atoms with E-state index in [9.17, 15) is 4.79 Å². The molecule has 0 heterocycles. The summed E-state index contributed by atoms with van der Waals surface area (Å²) in [6, 6.07) is 7.53. The maximum absolute atomic E-state index is 11.5. The fraction of sp³-hybridized carbons (Fsp3) is 0.357. The molecule has 1 aromatic carbocycles. The van der Waals surface area contributed by atoms with E-state index in [0.717, 1.165) is 5.56 Å². The Labute approximate surface area is 96.9 Å². The molecule has 0 saturated heterocycles. The average molecular weight is 218 g/mol. The van der Waals surface area contributed by atoms with E-state index in [2.05, 4.69) is 0 Å². The summed E-state index contributed by atoms with van der Waals surface area (Å²) in [5.41, 5.74) is 0.933. The highest BCUT2D eigenvalue weighted by Crippen LogP contribution is 2.20. The van der Waals surface area contributed by atoms with Crippen molar-refractivity contribution in [2.24, 2.45) is 5.92 Å². The lowest BCUT2D eigenvalue weighted by Crippen LogP contribution is -2.11. The molecule has 86 valence electrons. The van der Waals surface area contributed by atoms with Crippen LogP contribution in [0.25, 0.3) is 6.08 Å². The molecule has 0 saturated carbocycles. The second-order valence-electron chi connectivity index (χ2n) is 4.11. The summed E-state index contributed by atoms with van der Waals surface area (Å²) >= 11 is 0. The van der Waals surface area contributed by atoms with Gasteiger partial charge in [0.25, 0.3) is 0 Å². The largest absolute Gasteiger partial charge is 0.426 e. The first-order valence-corrected chi connectivity index (χ1v) is 5.56. The van der Waals surface area contributed by atoms with Crippen molar-refractivity contribution in [1.29, 1.82) is 0 Å². The molecule has 0 aliphatic rings. The predicted molar refractivity (Wildman–Crippen MR) is 66.2 cm³/mol. The highest BCUT2D eigenvalue weighted by atomic mass is 16.5. The highest BCUT2D eigenvalue weighted by Gasteiger charge is 2.09. The highest BCUT2D eigenvalue weighted by molar-refractivity contribution is 5.74. The van der Waals surface area contributed by atoms with Crippen LogP contribution >= 0.6 is 0 Å². The van der Waals surface area contributed by atoms with E-state index in [0.29, 0.717) is 18.1 Å². The maximum Gasteiger partial charge on any atom is 0.311 e. The summed E-state index contributed by atoms with van der Waals surface area (Å²) in [6.07, 6.45) is 4.30. The van der Waals surface area contributed by atoms with Gasteiger partial charge < -0.3 is 4.74 Å². The third-order valence-corrected chi connectivity index (χ3v) is 2.06. The van der Waals surface area contributed by atoms with Crippen LogP contribution in [0.15, 0.2) is 30.3 Å². The molecule has 2 heteroatoms. The van der Waals surface area contributed by atoms with Crippen molar-refractivity contribution >= 4 is 12.0 Å². The Morgan fingerprint density at radius 1 is 1.38 bits per heavy atom. The number of rotatable bonds is 4. The summed E-state index contributed by atoms with van der Waals surface area (Å²) < 4.78 is 5.32. The van der Waals surface area contributed by atoms with Crippen LogP contribution in [0.2, 0.25) is 0 Å². The van der Waals surface area contributed by atoms with Gasteiger partial charge in [-0.2, -0.15) is 0 Å². The van der Waals surface area contributed by atoms with Gasteiger partial charge in [-0.1, -0.05) is 44.2 Å². The Bertz CT molecular complexity index is 378. The first kappa shape index (κ1) is 12.5. The maximum atomic E-state index is 11.5. The number of hydrogen-bond donors (Lipinski definition) is 0. The Balaban J connectivity index is 2.76. The number of ether oxygens (including phenoxy) is 1. The first-order chi connectivity index (χ1) is 7.63. The lowest BCUT2D eigenvalue weighted by Gasteiger charge is -2.08. The Morgan fingerprint density at radius 3 is 2.69 bits per heavy atom. The van der Waals surface area contributed by atoms with Crippen LogP contribution in [0.3, 0.4) is 0 Å². The van der Waals surface area contributed by atoms with Crippen molar-refractivity contribution in [3.63, 3.8) is 0 Å². The molecule has 16 heavy (non-hydrogen) atoms. The number of allylic oxidation sites excluding steroid dienone is 1. The van der Waals surface area contributed by atoms with Crippen LogP contribution < -0.4 is 4.74 Å². The molecule has 0 radical (unpaired) electrons. The molecule has 0 amide bonds. The quantitative estimate of drug-likeness (QED) is 0.569. The predicted octanol–water partition coefficient (Wildman–Crippen LogP) is 3.67. The Morgan fingerprint density at radius 2 is 2.06 bits per heavy atom. The van der Waals surface area contributed by atoms with Gasteiger partial charge in [0, 0.05) is 12.0 Å². The molecule has 0 atom stereocenters. The zero-order chi connectivity index (χ0) is 12.0. The minimum Gasteiger partial charge on any atom is -0.426 e. The van der Waals surface area contributed by atoms with Crippen molar-refractivity contribution in [1.82, 2.24) is 0 Å². The third kappa shape index (κ3) is 3.89. The van der Waals surface area contributed by atoms with Gasteiger partial charge in [0.15, 0.2) is 0 Å². The normalized spacial score (nSPS) is 11.0. The standard InChI is InChI=1S/C14H18O2/c1-4-7-12-8-5-6-9-13(12)16-14(15)10-11(2)3/h4-9,11H,10H2,1-3H3/b7-4+. The van der Waals surface area contributed by atoms with Crippen LogP contribution in [-0.2, 0) is 4.79 Å². The fourth-order valence-corrected chi connectivity index (χ4v) is 1.39. The van der Waals surface area contributed by atoms with Crippen molar-refractivity contribution in [3.05, 3.63) is 35.9 Å². The zero-order valence-electron chi connectivity index (χ0n) is 10.1. The second-order valence-corrected chi connectivity index (χ2v) is 4.11. The molecule has 0 unspecified atom stereocenters. The summed E-state index contributed by atoms with van der Waals surface area (Å²) in [6.45, 7) is 5.94. The molecule has 0 fully saturated rings. The van der Waals surface area contributed by atoms with Gasteiger partial charge in [-0.15, -0.1) is 0 Å². The fourth-order valence-electron chi connectivity index (χ4n) is 1.39. The van der Waals surface area contributed by atoms with Gasteiger partial charge in [-0.25, -0.2) is 0 Å². The number of hydrogen-bond acceptors (Lipinski definition) is 2. The van der Waals surface area contributed by atoms with Gasteiger partial charge >= 0.3 is 5.97 Å². The molecule has 0 aromatic heterocycles. The van der Waals surface area contributed by atoms with E-state index in [4.69, 9.17) is 4.74 Å². The van der Waals surface area contributed by atoms with Crippen LogP contribution in [-0.4, -0.2) is 5.97 Å². The zero-order valence-corrected chi connectivity index (χ0v) is 10.1. The molecular weight excluding hydrogens is 200 g/mol. The molecular formula is C14H18O2. The molecule has 0 N–H and O–H groups in total. The molecule has 1 rings (SSSR count). The van der Waals surface area contributed by atoms with Crippen LogP contribution in [0.5, 0.6) is 5.75 Å². The van der Waals surface area contributed by atoms with E-state index in [1.807, 2.05) is 57.2 Å². The van der Waals surface area contributed by atoms with Gasteiger partial charge in [0.05, 0.1) is 0 Å². The molecule has 2 nitrogen and oxygen atoms in total. The van der Waals surface area contributed by atoms with Crippen LogP contribution in [0, 0.1) is 5.92 Å². The van der Waals surface area contributed by atoms with E-state index < -0.39 is 0 Å². The number of esters is 1. The van der Waals surface area contributed by atoms with E-state index >= 15 is 0 Å². The molecule has 1 aromatic rings. The number of carbonyl (C=O) groups excluding carboxylic acids is 1. The van der Waals surface area contributed by atoms with Gasteiger partial charge in [-0.05, 0) is 18.9 Å². The van der Waals surface area contributed by atoms with Crippen LogP contribution in [0.1, 0.15) is 32.8 Å². The minimum atomic E-state index is -0.174. The van der Waals surface area contributed by atoms with Gasteiger partial charge in [-0.3, -0.25) is 4.79 Å². The summed E-state index contributed by atoms with van der Waals surface area (Å²) in [5.74, 6) is 0.777. The molecule has 0 aliphatic carbocycles. The molecule has 0 aliphatic heterocycles. The Hall–Kier alpha value is -1.57. The van der Waals surface area contributed by atoms with Gasteiger partial charge in [0.2, 0.25) is 0 Å². The topological polar surface area (TPSA) is 26.3 Å². The summed E-state index contributed by atoms with van der Waals surface area (Å²) in [4.78, 5) is 11.5. The van der Waals surface area contributed by atoms with Crippen molar-refractivity contribution < 1.29 is 9.53 Å². The SMILES string of the molecule is C/C=C/c1ccccc1OC(=O)CC(C)C. The van der Waals surface area contributed by atoms with E-state index in [1.165, 1.54) is 0 Å². The number of benzene rings is 1. The third-order valence-electron chi connectivity index (χ3n) is 2.06. The lowest BCUT2D eigenvalue weighted by atomic mass is 10.1. The Kier molecular flexibility index (Phi) is 4.77. The minimum absolute atomic E-state index is 0.174. The monoisotopic (exact) mass is 218 g/mol. The van der Waals surface area contributed by atoms with Crippen molar-refractivity contribution in [3.8, 4) is 5.75 Å². The molecule has 0 spiro atoms. The smallest absolute Gasteiger partial charge is 0.311 e. The van der Waals surface area contributed by atoms with Crippen LogP contribution in [0.4, 0.5) is 0 Å².